The minimum atomic E-state index is -4.64. The lowest BCUT2D eigenvalue weighted by atomic mass is 10.1. The van der Waals surface area contributed by atoms with Crippen LogP contribution in [0.1, 0.15) is 12.0 Å². The molecule has 0 radical (unpaired) electrons. The van der Waals surface area contributed by atoms with Gasteiger partial charge in [-0.05, 0) is 12.0 Å². The van der Waals surface area contributed by atoms with E-state index >= 15 is 0 Å². The van der Waals surface area contributed by atoms with Gasteiger partial charge in [-0.15, -0.1) is 0 Å². The Bertz CT molecular complexity index is 591. The van der Waals surface area contributed by atoms with E-state index in [-0.39, 0.29) is 18.8 Å². The summed E-state index contributed by atoms with van der Waals surface area (Å²) >= 11 is 0. The minimum Gasteiger partial charge on any atom is -0.489 e. The van der Waals surface area contributed by atoms with Gasteiger partial charge in [0.05, 0.1) is 0 Å². The lowest BCUT2D eigenvalue weighted by molar-refractivity contribution is -0.183. The van der Waals surface area contributed by atoms with Crippen molar-refractivity contribution < 1.29 is 32.2 Å². The van der Waals surface area contributed by atoms with Gasteiger partial charge in [0.1, 0.15) is 11.3 Å². The Kier molecular flexibility index (Phi) is 4.85. The van der Waals surface area contributed by atoms with Gasteiger partial charge in [0.2, 0.25) is 5.78 Å². The van der Waals surface area contributed by atoms with E-state index in [9.17, 15) is 22.8 Å². The number of esters is 1. The number of hydrogen-bond acceptors (Lipinski definition) is 4. The third-order valence-electron chi connectivity index (χ3n) is 2.99. The maximum absolute atomic E-state index is 12.1. The zero-order chi connectivity index (χ0) is 16.2. The highest BCUT2D eigenvalue weighted by Gasteiger charge is 2.35. The molecule has 7 heteroatoms. The number of rotatable bonds is 5. The van der Waals surface area contributed by atoms with Crippen LogP contribution in [0.5, 0.6) is 0 Å². The first-order valence-corrected chi connectivity index (χ1v) is 6.54. The quantitative estimate of drug-likeness (QED) is 0.619. The number of carbonyl (C=O) groups excluding carboxylic acids is 2. The molecule has 0 spiro atoms. The van der Waals surface area contributed by atoms with Crippen molar-refractivity contribution in [3.8, 4) is 0 Å². The van der Waals surface area contributed by atoms with Crippen LogP contribution in [0.4, 0.5) is 13.2 Å². The number of allylic oxidation sites excluding steroid dienone is 1. The molecule has 0 amide bonds. The molecule has 0 saturated heterocycles. The van der Waals surface area contributed by atoms with Crippen LogP contribution in [0, 0.1) is 0 Å². The largest absolute Gasteiger partial charge is 0.489 e. The molecule has 118 valence electrons. The summed E-state index contributed by atoms with van der Waals surface area (Å²) in [6.45, 7) is -2.07. The van der Waals surface area contributed by atoms with Gasteiger partial charge in [-0.2, -0.15) is 13.2 Å². The van der Waals surface area contributed by atoms with Crippen LogP contribution < -0.4 is 0 Å². The standard InChI is InChI=1S/C15H13F3O4/c16-15(17,18)9-22-14(20)13-11(19)8-21-12(13)7-6-10-4-2-1-3-5-10/h1-5H,6-9H2. The molecule has 0 bridgehead atoms. The van der Waals surface area contributed by atoms with E-state index in [2.05, 4.69) is 4.74 Å². The molecule has 1 heterocycles. The first-order valence-electron chi connectivity index (χ1n) is 6.54. The van der Waals surface area contributed by atoms with Crippen molar-refractivity contribution >= 4 is 11.8 Å². The van der Waals surface area contributed by atoms with Gasteiger partial charge in [0.25, 0.3) is 0 Å². The van der Waals surface area contributed by atoms with Crippen LogP contribution in [0.25, 0.3) is 0 Å². The summed E-state index contributed by atoms with van der Waals surface area (Å²) in [6.07, 6.45) is -3.89. The number of aryl methyl sites for hydroxylation is 1. The molecule has 0 atom stereocenters. The predicted molar refractivity (Wildman–Crippen MR) is 69.8 cm³/mol. The lowest BCUT2D eigenvalue weighted by Crippen LogP contribution is -2.23. The topological polar surface area (TPSA) is 52.6 Å². The summed E-state index contributed by atoms with van der Waals surface area (Å²) in [5, 5.41) is 0. The minimum absolute atomic E-state index is 0.0843. The normalized spacial score (nSPS) is 15.0. The first kappa shape index (κ1) is 16.1. The monoisotopic (exact) mass is 314 g/mol. The summed E-state index contributed by atoms with van der Waals surface area (Å²) in [7, 11) is 0. The van der Waals surface area contributed by atoms with E-state index < -0.39 is 30.1 Å². The highest BCUT2D eigenvalue weighted by atomic mass is 19.4. The van der Waals surface area contributed by atoms with Crippen LogP contribution >= 0.6 is 0 Å². The third kappa shape index (κ3) is 4.34. The van der Waals surface area contributed by atoms with Gasteiger partial charge in [-0.3, -0.25) is 4.79 Å². The van der Waals surface area contributed by atoms with Crippen molar-refractivity contribution in [3.05, 3.63) is 47.2 Å². The maximum Gasteiger partial charge on any atom is 0.422 e. The van der Waals surface area contributed by atoms with Crippen LogP contribution in [-0.2, 0) is 25.5 Å². The van der Waals surface area contributed by atoms with Crippen LogP contribution in [0.15, 0.2) is 41.7 Å². The summed E-state index contributed by atoms with van der Waals surface area (Å²) in [4.78, 5) is 23.2. The molecule has 1 aliphatic rings. The number of alkyl halides is 3. The van der Waals surface area contributed by atoms with Crippen LogP contribution in [0.2, 0.25) is 0 Å². The Labute approximate surface area is 124 Å². The van der Waals surface area contributed by atoms with Crippen molar-refractivity contribution in [2.24, 2.45) is 0 Å². The molecule has 0 aromatic heterocycles. The fourth-order valence-corrected chi connectivity index (χ4v) is 2.00. The molecule has 2 rings (SSSR count). The van der Waals surface area contributed by atoms with E-state index in [1.807, 2.05) is 30.3 Å². The lowest BCUT2D eigenvalue weighted by Gasteiger charge is -2.08. The number of halogens is 3. The third-order valence-corrected chi connectivity index (χ3v) is 2.99. The number of benzene rings is 1. The zero-order valence-corrected chi connectivity index (χ0v) is 11.5. The smallest absolute Gasteiger partial charge is 0.422 e. The molecule has 1 aromatic carbocycles. The van der Waals surface area contributed by atoms with Crippen molar-refractivity contribution in [3.63, 3.8) is 0 Å². The van der Waals surface area contributed by atoms with Crippen molar-refractivity contribution in [1.29, 1.82) is 0 Å². The van der Waals surface area contributed by atoms with Gasteiger partial charge in [-0.25, -0.2) is 4.79 Å². The van der Waals surface area contributed by atoms with E-state index in [4.69, 9.17) is 4.74 Å². The molecule has 0 saturated carbocycles. The number of ether oxygens (including phenoxy) is 2. The fourth-order valence-electron chi connectivity index (χ4n) is 2.00. The average Bonchev–Trinajstić information content (AvgIpc) is 2.84. The van der Waals surface area contributed by atoms with Gasteiger partial charge in [0.15, 0.2) is 13.2 Å². The van der Waals surface area contributed by atoms with Gasteiger partial charge in [0, 0.05) is 6.42 Å². The second kappa shape index (κ2) is 6.64. The van der Waals surface area contributed by atoms with Crippen molar-refractivity contribution in [2.75, 3.05) is 13.2 Å². The van der Waals surface area contributed by atoms with Gasteiger partial charge >= 0.3 is 12.1 Å². The summed E-state index contributed by atoms with van der Waals surface area (Å²) in [6, 6.07) is 9.24. The van der Waals surface area contributed by atoms with E-state index in [1.54, 1.807) is 0 Å². The number of Topliss-reactive ketones (excluding diaryl/α,β-unsaturated/α-hetero) is 1. The van der Waals surface area contributed by atoms with Crippen molar-refractivity contribution in [1.82, 2.24) is 0 Å². The Morgan fingerprint density at radius 3 is 2.50 bits per heavy atom. The summed E-state index contributed by atoms with van der Waals surface area (Å²) in [5.74, 6) is -1.86. The molecule has 1 aliphatic heterocycles. The molecule has 4 nitrogen and oxygen atoms in total. The molecule has 0 aliphatic carbocycles. The van der Waals surface area contributed by atoms with E-state index in [1.165, 1.54) is 0 Å². The predicted octanol–water partition coefficient (Wildman–Crippen LogP) is 2.58. The zero-order valence-electron chi connectivity index (χ0n) is 11.5. The molecule has 22 heavy (non-hydrogen) atoms. The van der Waals surface area contributed by atoms with E-state index in [0.29, 0.717) is 6.42 Å². The number of hydrogen-bond donors (Lipinski definition) is 0. The van der Waals surface area contributed by atoms with Gasteiger partial charge in [-0.1, -0.05) is 30.3 Å². The Balaban J connectivity index is 2.04. The van der Waals surface area contributed by atoms with Crippen molar-refractivity contribution in [2.45, 2.75) is 19.0 Å². The van der Waals surface area contributed by atoms with Gasteiger partial charge < -0.3 is 9.47 Å². The maximum atomic E-state index is 12.1. The molecular formula is C15H13F3O4. The molecule has 0 unspecified atom stereocenters. The summed E-state index contributed by atoms with van der Waals surface area (Å²) < 4.78 is 45.4. The first-order chi connectivity index (χ1) is 10.4. The second-order valence-corrected chi connectivity index (χ2v) is 4.69. The summed E-state index contributed by atoms with van der Waals surface area (Å²) in [5.41, 5.74) is 0.543. The Hall–Kier alpha value is -2.31. The van der Waals surface area contributed by atoms with E-state index in [0.717, 1.165) is 5.56 Å². The molecule has 0 fully saturated rings. The highest BCUT2D eigenvalue weighted by Crippen LogP contribution is 2.23. The second-order valence-electron chi connectivity index (χ2n) is 4.69. The van der Waals surface area contributed by atoms with Crippen LogP contribution in [-0.4, -0.2) is 31.1 Å². The molecule has 0 N–H and O–H groups in total. The number of ketones is 1. The highest BCUT2D eigenvalue weighted by molar-refractivity contribution is 6.19. The molecule has 1 aromatic rings. The Morgan fingerprint density at radius 2 is 1.86 bits per heavy atom. The SMILES string of the molecule is O=C1COC(CCc2ccccc2)=C1C(=O)OCC(F)(F)F. The van der Waals surface area contributed by atoms with Crippen LogP contribution in [0.3, 0.4) is 0 Å². The fraction of sp³-hybridized carbons (Fsp3) is 0.333. The Morgan fingerprint density at radius 1 is 1.18 bits per heavy atom. The number of carbonyl (C=O) groups is 2. The average molecular weight is 314 g/mol. The molecular weight excluding hydrogens is 301 g/mol.